The van der Waals surface area contributed by atoms with Crippen LogP contribution in [0.5, 0.6) is 0 Å². The Kier molecular flexibility index (Phi) is 3.17. The van der Waals surface area contributed by atoms with Crippen LogP contribution in [-0.4, -0.2) is 19.5 Å². The van der Waals surface area contributed by atoms with Gasteiger partial charge in [-0.25, -0.2) is 18.4 Å². The van der Waals surface area contributed by atoms with Crippen molar-refractivity contribution in [1.82, 2.24) is 0 Å². The highest BCUT2D eigenvalue weighted by Gasteiger charge is 2.32. The smallest absolute Gasteiger partial charge is 0.416 e. The molecule has 0 saturated heterocycles. The number of hydrogen-bond acceptors (Lipinski definition) is 3. The average molecular weight is 269 g/mol. The molecule has 0 saturated carbocycles. The van der Waals surface area contributed by atoms with Crippen molar-refractivity contribution in [3.8, 4) is 0 Å². The van der Waals surface area contributed by atoms with E-state index in [9.17, 15) is 26.4 Å². The van der Waals surface area contributed by atoms with Gasteiger partial charge in [-0.1, -0.05) is 0 Å². The monoisotopic (exact) mass is 269 g/mol. The van der Waals surface area contributed by atoms with Crippen molar-refractivity contribution in [2.24, 2.45) is 5.14 Å². The summed E-state index contributed by atoms with van der Waals surface area (Å²) in [7, 11) is -4.40. The SMILES string of the molecule is NS(=O)(=O)c1cc(C(=O)O)cc(C(F)(F)F)c1. The topological polar surface area (TPSA) is 97.5 Å². The lowest BCUT2D eigenvalue weighted by atomic mass is 10.1. The predicted octanol–water partition coefficient (Wildman–Crippen LogP) is 1.05. The molecule has 0 spiro atoms. The van der Waals surface area contributed by atoms with E-state index in [1.54, 1.807) is 0 Å². The predicted molar refractivity (Wildman–Crippen MR) is 49.8 cm³/mol. The molecule has 1 rings (SSSR count). The van der Waals surface area contributed by atoms with Gasteiger partial charge >= 0.3 is 12.1 Å². The highest BCUT2D eigenvalue weighted by molar-refractivity contribution is 7.89. The molecule has 1 aromatic rings. The van der Waals surface area contributed by atoms with Crippen molar-refractivity contribution < 1.29 is 31.5 Å². The third-order valence-electron chi connectivity index (χ3n) is 1.81. The largest absolute Gasteiger partial charge is 0.478 e. The van der Waals surface area contributed by atoms with Crippen molar-refractivity contribution >= 4 is 16.0 Å². The van der Waals surface area contributed by atoms with Crippen molar-refractivity contribution in [2.75, 3.05) is 0 Å². The highest BCUT2D eigenvalue weighted by Crippen LogP contribution is 2.31. The molecular weight excluding hydrogens is 263 g/mol. The van der Waals surface area contributed by atoms with E-state index in [2.05, 4.69) is 5.14 Å². The van der Waals surface area contributed by atoms with Crippen LogP contribution >= 0.6 is 0 Å². The Morgan fingerprint density at radius 3 is 2.12 bits per heavy atom. The molecule has 0 atom stereocenters. The quantitative estimate of drug-likeness (QED) is 0.838. The van der Waals surface area contributed by atoms with Crippen molar-refractivity contribution in [2.45, 2.75) is 11.1 Å². The van der Waals surface area contributed by atoms with Gasteiger partial charge in [0.05, 0.1) is 16.0 Å². The van der Waals surface area contributed by atoms with Crippen LogP contribution in [0, 0.1) is 0 Å². The number of primary sulfonamides is 1. The molecule has 1 aromatic carbocycles. The maximum absolute atomic E-state index is 12.4. The minimum absolute atomic E-state index is 0.280. The minimum atomic E-state index is -4.86. The minimum Gasteiger partial charge on any atom is -0.478 e. The van der Waals surface area contributed by atoms with Crippen LogP contribution < -0.4 is 5.14 Å². The molecule has 0 fully saturated rings. The third-order valence-corrected chi connectivity index (χ3v) is 2.70. The zero-order valence-electron chi connectivity index (χ0n) is 8.02. The second-order valence-electron chi connectivity index (χ2n) is 3.09. The Labute approximate surface area is 93.7 Å². The van der Waals surface area contributed by atoms with Gasteiger partial charge in [-0.05, 0) is 18.2 Å². The Balaban J connectivity index is 3.56. The number of aromatic carboxylic acids is 1. The number of halogens is 3. The zero-order chi connectivity index (χ0) is 13.4. The molecule has 17 heavy (non-hydrogen) atoms. The molecule has 5 nitrogen and oxygen atoms in total. The zero-order valence-corrected chi connectivity index (χ0v) is 8.84. The van der Waals surface area contributed by atoms with E-state index in [4.69, 9.17) is 5.11 Å². The molecule has 0 aliphatic carbocycles. The summed E-state index contributed by atoms with van der Waals surface area (Å²) in [5.41, 5.74) is -2.19. The van der Waals surface area contributed by atoms with Crippen LogP contribution in [0.3, 0.4) is 0 Å². The summed E-state index contributed by atoms with van der Waals surface area (Å²) in [5.74, 6) is -1.68. The maximum Gasteiger partial charge on any atom is 0.416 e. The third kappa shape index (κ3) is 3.17. The van der Waals surface area contributed by atoms with Gasteiger partial charge < -0.3 is 5.11 Å². The van der Waals surface area contributed by atoms with Gasteiger partial charge in [0.25, 0.3) is 0 Å². The molecule has 0 radical (unpaired) electrons. The van der Waals surface area contributed by atoms with Gasteiger partial charge in [-0.3, -0.25) is 0 Å². The summed E-state index contributed by atoms with van der Waals surface area (Å²) in [6, 6.07) is 1.17. The fourth-order valence-electron chi connectivity index (χ4n) is 1.05. The van der Waals surface area contributed by atoms with Crippen LogP contribution in [0.2, 0.25) is 0 Å². The van der Waals surface area contributed by atoms with Crippen LogP contribution in [0.1, 0.15) is 15.9 Å². The van der Waals surface area contributed by atoms with Crippen LogP contribution in [0.15, 0.2) is 23.1 Å². The first-order valence-electron chi connectivity index (χ1n) is 4.00. The van der Waals surface area contributed by atoms with Gasteiger partial charge in [-0.15, -0.1) is 0 Å². The Morgan fingerprint density at radius 2 is 1.76 bits per heavy atom. The van der Waals surface area contributed by atoms with E-state index in [1.807, 2.05) is 0 Å². The standard InChI is InChI=1S/C8H6F3NO4S/c9-8(10,11)5-1-4(7(13)14)2-6(3-5)17(12,15)16/h1-3H,(H,13,14)(H2,12,15,16). The molecule has 0 amide bonds. The Hall–Kier alpha value is -1.61. The highest BCUT2D eigenvalue weighted by atomic mass is 32.2. The van der Waals surface area contributed by atoms with E-state index in [-0.39, 0.29) is 6.07 Å². The van der Waals surface area contributed by atoms with E-state index < -0.39 is 38.2 Å². The number of nitrogens with two attached hydrogens (primary N) is 1. The molecule has 9 heteroatoms. The summed E-state index contributed by atoms with van der Waals surface area (Å²) in [6.07, 6.45) is -4.86. The van der Waals surface area contributed by atoms with E-state index in [0.29, 0.717) is 12.1 Å². The second-order valence-corrected chi connectivity index (χ2v) is 4.66. The Bertz CT molecular complexity index is 565. The maximum atomic E-state index is 12.4. The summed E-state index contributed by atoms with van der Waals surface area (Å²) in [6.45, 7) is 0. The Morgan fingerprint density at radius 1 is 1.24 bits per heavy atom. The first-order chi connectivity index (χ1) is 7.51. The summed E-state index contributed by atoms with van der Waals surface area (Å²) in [4.78, 5) is 9.66. The number of rotatable bonds is 2. The molecule has 0 aromatic heterocycles. The molecule has 0 unspecified atom stereocenters. The average Bonchev–Trinajstić information content (AvgIpc) is 2.14. The van der Waals surface area contributed by atoms with Crippen LogP contribution in [0.25, 0.3) is 0 Å². The summed E-state index contributed by atoms with van der Waals surface area (Å²) >= 11 is 0. The number of benzene rings is 1. The van der Waals surface area contributed by atoms with Gasteiger partial charge in [0.1, 0.15) is 0 Å². The fraction of sp³-hybridized carbons (Fsp3) is 0.125. The molecule has 0 aliphatic heterocycles. The normalized spacial score (nSPS) is 12.5. The van der Waals surface area contributed by atoms with Crippen molar-refractivity contribution in [3.05, 3.63) is 29.3 Å². The summed E-state index contributed by atoms with van der Waals surface area (Å²) in [5, 5.41) is 13.2. The van der Waals surface area contributed by atoms with Gasteiger partial charge in [0.15, 0.2) is 0 Å². The van der Waals surface area contributed by atoms with E-state index in [1.165, 1.54) is 0 Å². The lowest BCUT2D eigenvalue weighted by Gasteiger charge is -2.09. The second kappa shape index (κ2) is 4.00. The molecular formula is C8H6F3NO4S. The lowest BCUT2D eigenvalue weighted by Crippen LogP contribution is -2.16. The lowest BCUT2D eigenvalue weighted by molar-refractivity contribution is -0.137. The molecule has 94 valence electrons. The van der Waals surface area contributed by atoms with Gasteiger partial charge in [0.2, 0.25) is 10.0 Å². The number of carboxylic acid groups (broad SMARTS) is 1. The fourth-order valence-corrected chi connectivity index (χ4v) is 1.63. The van der Waals surface area contributed by atoms with Gasteiger partial charge in [-0.2, -0.15) is 13.2 Å². The van der Waals surface area contributed by atoms with Crippen LogP contribution in [0.4, 0.5) is 13.2 Å². The van der Waals surface area contributed by atoms with Crippen molar-refractivity contribution in [1.29, 1.82) is 0 Å². The molecule has 0 heterocycles. The number of alkyl halides is 3. The number of hydrogen-bond donors (Lipinski definition) is 2. The number of carboxylic acids is 1. The summed E-state index contributed by atoms with van der Waals surface area (Å²) < 4.78 is 58.9. The van der Waals surface area contributed by atoms with E-state index >= 15 is 0 Å². The number of carbonyl (C=O) groups is 1. The van der Waals surface area contributed by atoms with Gasteiger partial charge in [0, 0.05) is 0 Å². The molecule has 3 N–H and O–H groups in total. The molecule has 0 bridgehead atoms. The van der Waals surface area contributed by atoms with Crippen LogP contribution in [-0.2, 0) is 16.2 Å². The first-order valence-corrected chi connectivity index (χ1v) is 5.55. The van der Waals surface area contributed by atoms with E-state index in [0.717, 1.165) is 0 Å². The van der Waals surface area contributed by atoms with Crippen molar-refractivity contribution in [3.63, 3.8) is 0 Å². The number of sulfonamides is 1. The molecule has 0 aliphatic rings. The first kappa shape index (κ1) is 13.5.